The molecule has 1 saturated carbocycles. The van der Waals surface area contributed by atoms with Crippen LogP contribution in [0.4, 0.5) is 0 Å². The first-order valence-corrected chi connectivity index (χ1v) is 7.06. The van der Waals surface area contributed by atoms with Crippen LogP contribution in [0.15, 0.2) is 0 Å². The van der Waals surface area contributed by atoms with Gasteiger partial charge in [-0.15, -0.1) is 0 Å². The molecule has 3 N–H and O–H groups in total. The Hall–Kier alpha value is -0.570. The first-order valence-electron chi connectivity index (χ1n) is 7.06. The molecule has 0 bridgehead atoms. The molecule has 2 aliphatic rings. The van der Waals surface area contributed by atoms with E-state index in [1.165, 1.54) is 45.3 Å². The van der Waals surface area contributed by atoms with Gasteiger partial charge in [0.05, 0.1) is 5.84 Å². The number of hydrogen-bond donors (Lipinski definition) is 2. The molecular formula is C14H27N3. The second kappa shape index (κ2) is 4.97. The van der Waals surface area contributed by atoms with E-state index in [-0.39, 0.29) is 5.41 Å². The van der Waals surface area contributed by atoms with Crippen LogP contribution in [-0.2, 0) is 0 Å². The molecule has 1 aliphatic carbocycles. The third-order valence-corrected chi connectivity index (χ3v) is 4.81. The second-order valence-electron chi connectivity index (χ2n) is 6.61. The van der Waals surface area contributed by atoms with Crippen LogP contribution < -0.4 is 5.73 Å². The van der Waals surface area contributed by atoms with Crippen molar-refractivity contribution in [1.29, 1.82) is 5.41 Å². The van der Waals surface area contributed by atoms with Crippen molar-refractivity contribution in [2.75, 3.05) is 19.6 Å². The lowest BCUT2D eigenvalue weighted by molar-refractivity contribution is 0.289. The van der Waals surface area contributed by atoms with Gasteiger partial charge in [-0.3, -0.25) is 5.41 Å². The zero-order chi connectivity index (χ0) is 12.5. The molecule has 2 fully saturated rings. The smallest absolute Gasteiger partial charge is 0.0963 e. The molecule has 1 heterocycles. The number of fused-ring (bicyclic) bond motifs is 1. The predicted molar refractivity (Wildman–Crippen MR) is 72.2 cm³/mol. The molecule has 0 aromatic heterocycles. The molecule has 0 radical (unpaired) electrons. The minimum atomic E-state index is -0.115. The lowest BCUT2D eigenvalue weighted by atomic mass is 9.86. The van der Waals surface area contributed by atoms with Crippen molar-refractivity contribution < 1.29 is 0 Å². The fourth-order valence-corrected chi connectivity index (χ4v) is 3.39. The van der Waals surface area contributed by atoms with E-state index in [1.807, 2.05) is 0 Å². The third-order valence-electron chi connectivity index (χ3n) is 4.81. The van der Waals surface area contributed by atoms with Crippen LogP contribution in [-0.4, -0.2) is 30.4 Å². The molecular weight excluding hydrogens is 210 g/mol. The van der Waals surface area contributed by atoms with Crippen LogP contribution in [0.1, 0.15) is 46.0 Å². The van der Waals surface area contributed by atoms with E-state index in [2.05, 4.69) is 18.7 Å². The molecule has 2 atom stereocenters. The average Bonchev–Trinajstić information content (AvgIpc) is 2.76. The highest BCUT2D eigenvalue weighted by Crippen LogP contribution is 2.37. The molecule has 3 heteroatoms. The van der Waals surface area contributed by atoms with Gasteiger partial charge in [-0.1, -0.05) is 20.3 Å². The summed E-state index contributed by atoms with van der Waals surface area (Å²) in [5.41, 5.74) is 5.49. The third kappa shape index (κ3) is 3.01. The summed E-state index contributed by atoms with van der Waals surface area (Å²) in [6.07, 6.45) is 6.58. The Morgan fingerprint density at radius 2 is 1.88 bits per heavy atom. The number of amidine groups is 1. The highest BCUT2D eigenvalue weighted by molar-refractivity contribution is 5.82. The molecule has 3 nitrogen and oxygen atoms in total. The van der Waals surface area contributed by atoms with Crippen LogP contribution in [0.25, 0.3) is 0 Å². The summed E-state index contributed by atoms with van der Waals surface area (Å²) >= 11 is 0. The number of nitrogens with zero attached hydrogens (tertiary/aromatic N) is 1. The minimum absolute atomic E-state index is 0.115. The van der Waals surface area contributed by atoms with Crippen molar-refractivity contribution in [1.82, 2.24) is 4.90 Å². The highest BCUT2D eigenvalue weighted by atomic mass is 15.2. The molecule has 17 heavy (non-hydrogen) atoms. The monoisotopic (exact) mass is 237 g/mol. The molecule has 0 spiro atoms. The average molecular weight is 237 g/mol. The van der Waals surface area contributed by atoms with Crippen molar-refractivity contribution in [3.05, 3.63) is 0 Å². The minimum Gasteiger partial charge on any atom is -0.387 e. The van der Waals surface area contributed by atoms with Gasteiger partial charge in [-0.25, -0.2) is 0 Å². The van der Waals surface area contributed by atoms with Crippen molar-refractivity contribution in [3.63, 3.8) is 0 Å². The van der Waals surface area contributed by atoms with E-state index < -0.39 is 0 Å². The van der Waals surface area contributed by atoms with Crippen LogP contribution in [0.3, 0.4) is 0 Å². The second-order valence-corrected chi connectivity index (χ2v) is 6.61. The zero-order valence-electron chi connectivity index (χ0n) is 11.3. The van der Waals surface area contributed by atoms with Gasteiger partial charge < -0.3 is 10.6 Å². The summed E-state index contributed by atoms with van der Waals surface area (Å²) in [7, 11) is 0. The number of hydrogen-bond acceptors (Lipinski definition) is 2. The molecule has 98 valence electrons. The number of rotatable bonds is 5. The Labute approximate surface area is 105 Å². The Balaban J connectivity index is 1.68. The van der Waals surface area contributed by atoms with E-state index >= 15 is 0 Å². The molecule has 1 aliphatic heterocycles. The fraction of sp³-hybridized carbons (Fsp3) is 0.929. The molecule has 2 rings (SSSR count). The fourth-order valence-electron chi connectivity index (χ4n) is 3.39. The molecule has 0 amide bonds. The number of likely N-dealkylation sites (tertiary alicyclic amines) is 1. The SMILES string of the molecule is CC(C)(CCCN1CC2CCCC2C1)C(=N)N. The zero-order valence-corrected chi connectivity index (χ0v) is 11.3. The van der Waals surface area contributed by atoms with E-state index in [4.69, 9.17) is 11.1 Å². The summed E-state index contributed by atoms with van der Waals surface area (Å²) in [6, 6.07) is 0. The van der Waals surface area contributed by atoms with Gasteiger partial charge in [-0.05, 0) is 44.1 Å². The highest BCUT2D eigenvalue weighted by Gasteiger charge is 2.35. The summed E-state index contributed by atoms with van der Waals surface area (Å²) in [5, 5.41) is 7.55. The normalized spacial score (nSPS) is 29.5. The number of nitrogens with two attached hydrogens (primary N) is 1. The van der Waals surface area contributed by atoms with Gasteiger partial charge in [0.1, 0.15) is 0 Å². The molecule has 0 aromatic rings. The van der Waals surface area contributed by atoms with Crippen LogP contribution in [0, 0.1) is 22.7 Å². The molecule has 0 aromatic carbocycles. The topological polar surface area (TPSA) is 53.1 Å². The lowest BCUT2D eigenvalue weighted by Gasteiger charge is -2.24. The van der Waals surface area contributed by atoms with Gasteiger partial charge in [0, 0.05) is 18.5 Å². The predicted octanol–water partition coefficient (Wildman–Crippen LogP) is 2.46. The largest absolute Gasteiger partial charge is 0.387 e. The van der Waals surface area contributed by atoms with Crippen molar-refractivity contribution in [3.8, 4) is 0 Å². The van der Waals surface area contributed by atoms with Gasteiger partial charge in [0.2, 0.25) is 0 Å². The Morgan fingerprint density at radius 1 is 1.29 bits per heavy atom. The van der Waals surface area contributed by atoms with Gasteiger partial charge >= 0.3 is 0 Å². The van der Waals surface area contributed by atoms with Gasteiger partial charge in [0.15, 0.2) is 0 Å². The van der Waals surface area contributed by atoms with E-state index in [1.54, 1.807) is 0 Å². The standard InChI is InChI=1S/C14H27N3/c1-14(2,13(15)16)7-4-8-17-9-11-5-3-6-12(11)10-17/h11-12H,3-10H2,1-2H3,(H3,15,16). The molecule has 1 saturated heterocycles. The number of nitrogens with one attached hydrogen (secondary N) is 1. The van der Waals surface area contributed by atoms with Crippen molar-refractivity contribution in [2.45, 2.75) is 46.0 Å². The van der Waals surface area contributed by atoms with Crippen LogP contribution in [0.2, 0.25) is 0 Å². The Kier molecular flexibility index (Phi) is 3.76. The van der Waals surface area contributed by atoms with Gasteiger partial charge in [-0.2, -0.15) is 0 Å². The summed E-state index contributed by atoms with van der Waals surface area (Å²) < 4.78 is 0. The van der Waals surface area contributed by atoms with Crippen LogP contribution >= 0.6 is 0 Å². The van der Waals surface area contributed by atoms with Crippen molar-refractivity contribution >= 4 is 5.84 Å². The quantitative estimate of drug-likeness (QED) is 0.570. The molecule has 2 unspecified atom stereocenters. The van der Waals surface area contributed by atoms with E-state index in [0.717, 1.165) is 18.3 Å². The maximum Gasteiger partial charge on any atom is 0.0963 e. The lowest BCUT2D eigenvalue weighted by Crippen LogP contribution is -2.32. The first kappa shape index (κ1) is 12.9. The summed E-state index contributed by atoms with van der Waals surface area (Å²) in [5.74, 6) is 2.32. The van der Waals surface area contributed by atoms with Gasteiger partial charge in [0.25, 0.3) is 0 Å². The maximum absolute atomic E-state index is 7.55. The van der Waals surface area contributed by atoms with Crippen LogP contribution in [0.5, 0.6) is 0 Å². The van der Waals surface area contributed by atoms with E-state index in [9.17, 15) is 0 Å². The Bertz CT molecular complexity index is 273. The Morgan fingerprint density at radius 3 is 2.41 bits per heavy atom. The summed E-state index contributed by atoms with van der Waals surface area (Å²) in [6.45, 7) is 8.00. The van der Waals surface area contributed by atoms with E-state index in [0.29, 0.717) is 5.84 Å². The first-order chi connectivity index (χ1) is 7.99. The summed E-state index contributed by atoms with van der Waals surface area (Å²) in [4.78, 5) is 2.63. The van der Waals surface area contributed by atoms with Crippen molar-refractivity contribution in [2.24, 2.45) is 23.0 Å². The maximum atomic E-state index is 7.55.